The van der Waals surface area contributed by atoms with E-state index in [1.807, 2.05) is 0 Å². The number of aromatic nitrogens is 4. The maximum absolute atomic E-state index is 9.10. The standard InChI is InChI=1S/C13H19N5O/c1-13(2)8(3-4-19)5-9(13)18-7-17-10-11(14)15-6-16-12(10)18/h6-9,19H,3-5H2,1-2H3,(H2,14,15,16)/t8-,9+/m0/s1. The van der Waals surface area contributed by atoms with Crippen LogP contribution in [0.4, 0.5) is 5.82 Å². The second kappa shape index (κ2) is 4.16. The molecule has 0 aliphatic heterocycles. The van der Waals surface area contributed by atoms with Gasteiger partial charge >= 0.3 is 0 Å². The van der Waals surface area contributed by atoms with Crippen LogP contribution in [0.3, 0.4) is 0 Å². The third kappa shape index (κ3) is 1.70. The van der Waals surface area contributed by atoms with Crippen molar-refractivity contribution in [3.8, 4) is 0 Å². The van der Waals surface area contributed by atoms with Gasteiger partial charge in [-0.2, -0.15) is 0 Å². The van der Waals surface area contributed by atoms with Crippen molar-refractivity contribution in [3.63, 3.8) is 0 Å². The van der Waals surface area contributed by atoms with Crippen LogP contribution in [0.5, 0.6) is 0 Å². The van der Waals surface area contributed by atoms with Crippen molar-refractivity contribution in [2.24, 2.45) is 11.3 Å². The van der Waals surface area contributed by atoms with Crippen LogP contribution >= 0.6 is 0 Å². The summed E-state index contributed by atoms with van der Waals surface area (Å²) in [5.74, 6) is 0.965. The molecule has 0 aromatic carbocycles. The Morgan fingerprint density at radius 1 is 1.42 bits per heavy atom. The highest BCUT2D eigenvalue weighted by Gasteiger charge is 2.48. The molecule has 1 saturated carbocycles. The molecule has 3 rings (SSSR count). The molecular weight excluding hydrogens is 242 g/mol. The largest absolute Gasteiger partial charge is 0.396 e. The Hall–Kier alpha value is -1.69. The minimum atomic E-state index is 0.135. The van der Waals surface area contributed by atoms with E-state index in [4.69, 9.17) is 10.8 Å². The Kier molecular flexibility index (Phi) is 2.70. The number of aliphatic hydroxyl groups excluding tert-OH is 1. The summed E-state index contributed by atoms with van der Waals surface area (Å²) in [6, 6.07) is 0.350. The van der Waals surface area contributed by atoms with Crippen molar-refractivity contribution in [2.45, 2.75) is 32.7 Å². The molecule has 2 aromatic heterocycles. The summed E-state index contributed by atoms with van der Waals surface area (Å²) >= 11 is 0. The lowest BCUT2D eigenvalue weighted by Crippen LogP contribution is -2.46. The highest BCUT2D eigenvalue weighted by Crippen LogP contribution is 2.56. The minimum Gasteiger partial charge on any atom is -0.396 e. The van der Waals surface area contributed by atoms with Crippen molar-refractivity contribution in [2.75, 3.05) is 12.3 Å². The summed E-state index contributed by atoms with van der Waals surface area (Å²) in [6.45, 7) is 4.72. The summed E-state index contributed by atoms with van der Waals surface area (Å²) in [6.07, 6.45) is 5.18. The number of hydrogen-bond acceptors (Lipinski definition) is 5. The van der Waals surface area contributed by atoms with Gasteiger partial charge in [-0.15, -0.1) is 0 Å². The van der Waals surface area contributed by atoms with Crippen LogP contribution in [0.15, 0.2) is 12.7 Å². The Balaban J connectivity index is 1.97. The van der Waals surface area contributed by atoms with E-state index in [-0.39, 0.29) is 12.0 Å². The molecular formula is C13H19N5O. The first-order valence-electron chi connectivity index (χ1n) is 6.59. The van der Waals surface area contributed by atoms with Crippen molar-refractivity contribution in [1.82, 2.24) is 19.5 Å². The number of fused-ring (bicyclic) bond motifs is 1. The van der Waals surface area contributed by atoms with Crippen LogP contribution in [0.25, 0.3) is 11.2 Å². The smallest absolute Gasteiger partial charge is 0.165 e. The lowest BCUT2D eigenvalue weighted by molar-refractivity contribution is -0.0216. The Labute approximate surface area is 111 Å². The normalized spacial score (nSPS) is 25.4. The maximum atomic E-state index is 9.10. The van der Waals surface area contributed by atoms with E-state index in [2.05, 4.69) is 33.4 Å². The lowest BCUT2D eigenvalue weighted by Gasteiger charge is -2.52. The van der Waals surface area contributed by atoms with Crippen molar-refractivity contribution in [1.29, 1.82) is 0 Å². The summed E-state index contributed by atoms with van der Waals surface area (Å²) < 4.78 is 2.10. The van der Waals surface area contributed by atoms with Crippen LogP contribution in [-0.2, 0) is 0 Å². The van der Waals surface area contributed by atoms with E-state index in [0.717, 1.165) is 18.5 Å². The number of imidazole rings is 1. The van der Waals surface area contributed by atoms with Crippen LogP contribution in [-0.4, -0.2) is 31.2 Å². The summed E-state index contributed by atoms with van der Waals surface area (Å²) in [7, 11) is 0. The van der Waals surface area contributed by atoms with E-state index in [9.17, 15) is 0 Å². The number of nitrogen functional groups attached to an aromatic ring is 1. The number of hydrogen-bond donors (Lipinski definition) is 2. The second-order valence-electron chi connectivity index (χ2n) is 5.87. The van der Waals surface area contributed by atoms with E-state index >= 15 is 0 Å². The molecule has 1 aliphatic rings. The SMILES string of the molecule is CC1(C)[C@@H](CCO)C[C@H]1n1cnc2c(N)ncnc21. The van der Waals surface area contributed by atoms with Gasteiger partial charge in [-0.25, -0.2) is 15.0 Å². The Bertz CT molecular complexity index is 606. The molecule has 1 aliphatic carbocycles. The van der Waals surface area contributed by atoms with Crippen molar-refractivity contribution < 1.29 is 5.11 Å². The molecule has 0 spiro atoms. The zero-order valence-corrected chi connectivity index (χ0v) is 11.2. The average molecular weight is 261 g/mol. The van der Waals surface area contributed by atoms with Gasteiger partial charge in [-0.3, -0.25) is 0 Å². The fraction of sp³-hybridized carbons (Fsp3) is 0.615. The zero-order chi connectivity index (χ0) is 13.6. The van der Waals surface area contributed by atoms with E-state index in [1.165, 1.54) is 6.33 Å². The van der Waals surface area contributed by atoms with Gasteiger partial charge in [0.2, 0.25) is 0 Å². The van der Waals surface area contributed by atoms with Crippen molar-refractivity contribution >= 4 is 17.0 Å². The number of aliphatic hydroxyl groups is 1. The average Bonchev–Trinajstić information content (AvgIpc) is 2.79. The topological polar surface area (TPSA) is 89.8 Å². The van der Waals surface area contributed by atoms with E-state index in [0.29, 0.717) is 23.3 Å². The van der Waals surface area contributed by atoms with Gasteiger partial charge in [0, 0.05) is 12.6 Å². The first-order valence-corrected chi connectivity index (χ1v) is 6.59. The molecule has 0 saturated heterocycles. The maximum Gasteiger partial charge on any atom is 0.165 e. The van der Waals surface area contributed by atoms with Crippen molar-refractivity contribution in [3.05, 3.63) is 12.7 Å². The molecule has 19 heavy (non-hydrogen) atoms. The highest BCUT2D eigenvalue weighted by molar-refractivity contribution is 5.81. The molecule has 1 fully saturated rings. The first-order chi connectivity index (χ1) is 9.05. The quantitative estimate of drug-likeness (QED) is 0.871. The molecule has 3 N–H and O–H groups in total. The predicted molar refractivity (Wildman–Crippen MR) is 72.4 cm³/mol. The molecule has 2 atom stereocenters. The molecule has 6 nitrogen and oxygen atoms in total. The summed E-state index contributed by atoms with van der Waals surface area (Å²) in [5, 5.41) is 9.10. The highest BCUT2D eigenvalue weighted by atomic mass is 16.3. The molecule has 102 valence electrons. The first kappa shape index (κ1) is 12.3. The minimum absolute atomic E-state index is 0.135. The van der Waals surface area contributed by atoms with Crippen LogP contribution in [0.2, 0.25) is 0 Å². The summed E-state index contributed by atoms with van der Waals surface area (Å²) in [4.78, 5) is 12.6. The lowest BCUT2D eigenvalue weighted by atomic mass is 9.57. The molecule has 0 amide bonds. The van der Waals surface area contributed by atoms with Gasteiger partial charge < -0.3 is 15.4 Å². The number of nitrogens with zero attached hydrogens (tertiary/aromatic N) is 4. The third-order valence-corrected chi connectivity index (χ3v) is 4.62. The number of anilines is 1. The zero-order valence-electron chi connectivity index (χ0n) is 11.2. The van der Waals surface area contributed by atoms with Gasteiger partial charge in [0.15, 0.2) is 11.5 Å². The molecule has 2 aromatic rings. The van der Waals surface area contributed by atoms with Gasteiger partial charge in [0.1, 0.15) is 11.8 Å². The fourth-order valence-electron chi connectivity index (χ4n) is 3.20. The molecule has 2 heterocycles. The molecule has 6 heteroatoms. The van der Waals surface area contributed by atoms with Crippen LogP contribution < -0.4 is 5.73 Å². The van der Waals surface area contributed by atoms with E-state index < -0.39 is 0 Å². The number of nitrogens with two attached hydrogens (primary N) is 1. The van der Waals surface area contributed by atoms with E-state index in [1.54, 1.807) is 6.33 Å². The third-order valence-electron chi connectivity index (χ3n) is 4.62. The van der Waals surface area contributed by atoms with Gasteiger partial charge in [0.05, 0.1) is 6.33 Å². The second-order valence-corrected chi connectivity index (χ2v) is 5.87. The van der Waals surface area contributed by atoms with Gasteiger partial charge in [-0.05, 0) is 24.2 Å². The fourth-order valence-corrected chi connectivity index (χ4v) is 3.20. The molecule has 0 unspecified atom stereocenters. The Morgan fingerprint density at radius 2 is 2.21 bits per heavy atom. The monoisotopic (exact) mass is 261 g/mol. The number of rotatable bonds is 3. The van der Waals surface area contributed by atoms with Crippen LogP contribution in [0.1, 0.15) is 32.7 Å². The predicted octanol–water partition coefficient (Wildman–Crippen LogP) is 1.38. The van der Waals surface area contributed by atoms with Gasteiger partial charge in [-0.1, -0.05) is 13.8 Å². The molecule has 0 radical (unpaired) electrons. The van der Waals surface area contributed by atoms with Gasteiger partial charge in [0.25, 0.3) is 0 Å². The molecule has 0 bridgehead atoms. The summed E-state index contributed by atoms with van der Waals surface area (Å²) in [5.41, 5.74) is 7.42. The van der Waals surface area contributed by atoms with Crippen LogP contribution in [0, 0.1) is 11.3 Å². The Morgan fingerprint density at radius 3 is 2.89 bits per heavy atom.